The van der Waals surface area contributed by atoms with Crippen LogP contribution in [0.3, 0.4) is 0 Å². The minimum atomic E-state index is -0.444. The lowest BCUT2D eigenvalue weighted by atomic mass is 9.98. The zero-order chi connectivity index (χ0) is 13.7. The van der Waals surface area contributed by atoms with E-state index in [4.69, 9.17) is 4.74 Å². The molecule has 1 aliphatic rings. The van der Waals surface area contributed by atoms with Crippen LogP contribution in [-0.4, -0.2) is 37.7 Å². The van der Waals surface area contributed by atoms with E-state index in [0.717, 1.165) is 25.9 Å². The number of halogens is 1. The molecule has 1 fully saturated rings. The first-order chi connectivity index (χ1) is 9.19. The van der Waals surface area contributed by atoms with Gasteiger partial charge in [-0.15, -0.1) is 0 Å². The summed E-state index contributed by atoms with van der Waals surface area (Å²) in [6.45, 7) is 2.70. The normalized spacial score (nSPS) is 16.9. The summed E-state index contributed by atoms with van der Waals surface area (Å²) in [5.41, 5.74) is 0.197. The van der Waals surface area contributed by atoms with Crippen molar-refractivity contribution < 1.29 is 13.9 Å². The van der Waals surface area contributed by atoms with Gasteiger partial charge in [-0.3, -0.25) is 0 Å². The highest BCUT2D eigenvalue weighted by molar-refractivity contribution is 5.57. The number of rotatable bonds is 4. The van der Waals surface area contributed by atoms with E-state index in [-0.39, 0.29) is 5.69 Å². The molecule has 0 bridgehead atoms. The minimum Gasteiger partial charge on any atom is -0.491 e. The molecule has 0 atom stereocenters. The maximum Gasteiger partial charge on any atom is 0.240 e. The van der Waals surface area contributed by atoms with Crippen molar-refractivity contribution in [3.63, 3.8) is 0 Å². The van der Waals surface area contributed by atoms with Crippen LogP contribution in [0.15, 0.2) is 23.2 Å². The summed E-state index contributed by atoms with van der Waals surface area (Å²) >= 11 is 0. The summed E-state index contributed by atoms with van der Waals surface area (Å²) in [7, 11) is 2.11. The quantitative estimate of drug-likeness (QED) is 0.620. The number of nitrogens with zero attached hydrogens (tertiary/aromatic N) is 2. The predicted octanol–water partition coefficient (Wildman–Crippen LogP) is 2.51. The Balaban J connectivity index is 1.97. The van der Waals surface area contributed by atoms with E-state index in [1.54, 1.807) is 0 Å². The Labute approximate surface area is 111 Å². The Bertz CT molecular complexity index is 478. The third-order valence-corrected chi connectivity index (χ3v) is 3.40. The van der Waals surface area contributed by atoms with E-state index < -0.39 is 5.82 Å². The Hall–Kier alpha value is -1.71. The van der Waals surface area contributed by atoms with E-state index >= 15 is 0 Å². The molecule has 0 radical (unpaired) electrons. The van der Waals surface area contributed by atoms with Crippen LogP contribution in [0, 0.1) is 11.7 Å². The fourth-order valence-electron chi connectivity index (χ4n) is 2.19. The van der Waals surface area contributed by atoms with Gasteiger partial charge in [0.1, 0.15) is 17.3 Å². The van der Waals surface area contributed by atoms with Crippen LogP contribution < -0.4 is 4.74 Å². The fraction of sp³-hybridized carbons (Fsp3) is 0.500. The van der Waals surface area contributed by atoms with E-state index in [0.29, 0.717) is 18.3 Å². The van der Waals surface area contributed by atoms with E-state index in [2.05, 4.69) is 16.9 Å². The van der Waals surface area contributed by atoms with Crippen molar-refractivity contribution in [3.8, 4) is 5.75 Å². The first kappa shape index (κ1) is 13.7. The molecule has 0 aromatic heterocycles. The molecular formula is C14H17FN2O2. The number of piperidine rings is 1. The number of carbonyl (C=O) groups excluding carboxylic acids is 1. The summed E-state index contributed by atoms with van der Waals surface area (Å²) in [6.07, 6.45) is 3.59. The Morgan fingerprint density at radius 3 is 2.89 bits per heavy atom. The van der Waals surface area contributed by atoms with Gasteiger partial charge >= 0.3 is 0 Å². The van der Waals surface area contributed by atoms with E-state index in [1.807, 2.05) is 0 Å². The monoisotopic (exact) mass is 264 g/mol. The van der Waals surface area contributed by atoms with Crippen LogP contribution in [0.1, 0.15) is 12.8 Å². The second-order valence-electron chi connectivity index (χ2n) is 4.87. The van der Waals surface area contributed by atoms with E-state index in [9.17, 15) is 9.18 Å². The van der Waals surface area contributed by atoms with Gasteiger partial charge in [0.15, 0.2) is 0 Å². The van der Waals surface area contributed by atoms with Gasteiger partial charge in [0.2, 0.25) is 6.08 Å². The van der Waals surface area contributed by atoms with Gasteiger partial charge in [-0.2, -0.15) is 4.99 Å². The number of aliphatic imine (C=N–C) groups is 1. The van der Waals surface area contributed by atoms with Crippen LogP contribution in [0.4, 0.5) is 10.1 Å². The van der Waals surface area contributed by atoms with Gasteiger partial charge in [0, 0.05) is 6.07 Å². The summed E-state index contributed by atoms with van der Waals surface area (Å²) in [5, 5.41) is 0. The van der Waals surface area contributed by atoms with E-state index in [1.165, 1.54) is 24.3 Å². The summed E-state index contributed by atoms with van der Waals surface area (Å²) in [6, 6.07) is 3.98. The first-order valence-corrected chi connectivity index (χ1v) is 6.38. The predicted molar refractivity (Wildman–Crippen MR) is 69.9 cm³/mol. The van der Waals surface area contributed by atoms with Crippen molar-refractivity contribution in [3.05, 3.63) is 24.0 Å². The molecule has 0 amide bonds. The van der Waals surface area contributed by atoms with Crippen LogP contribution >= 0.6 is 0 Å². The maximum atomic E-state index is 13.1. The van der Waals surface area contributed by atoms with Crippen LogP contribution in [0.5, 0.6) is 5.75 Å². The highest BCUT2D eigenvalue weighted by atomic mass is 19.1. The third-order valence-electron chi connectivity index (χ3n) is 3.40. The maximum absolute atomic E-state index is 13.1. The average molecular weight is 264 g/mol. The molecule has 2 rings (SSSR count). The largest absolute Gasteiger partial charge is 0.491 e. The van der Waals surface area contributed by atoms with Crippen molar-refractivity contribution in [1.82, 2.24) is 4.90 Å². The van der Waals surface area contributed by atoms with Gasteiger partial charge in [0.05, 0.1) is 6.61 Å². The SMILES string of the molecule is CN1CCC(COc2ccc(F)cc2N=C=O)CC1. The molecule has 0 N–H and O–H groups in total. The number of hydrogen-bond donors (Lipinski definition) is 0. The highest BCUT2D eigenvalue weighted by Gasteiger charge is 2.17. The molecule has 1 aliphatic heterocycles. The zero-order valence-electron chi connectivity index (χ0n) is 10.9. The highest BCUT2D eigenvalue weighted by Crippen LogP contribution is 2.29. The van der Waals surface area contributed by atoms with Crippen molar-refractivity contribution in [2.45, 2.75) is 12.8 Å². The lowest BCUT2D eigenvalue weighted by molar-refractivity contribution is 0.160. The smallest absolute Gasteiger partial charge is 0.240 e. The first-order valence-electron chi connectivity index (χ1n) is 6.38. The molecule has 1 heterocycles. The van der Waals surface area contributed by atoms with Crippen molar-refractivity contribution in [2.75, 3.05) is 26.7 Å². The molecule has 19 heavy (non-hydrogen) atoms. The molecule has 4 nitrogen and oxygen atoms in total. The lowest BCUT2D eigenvalue weighted by Crippen LogP contribution is -2.32. The Morgan fingerprint density at radius 2 is 2.21 bits per heavy atom. The van der Waals surface area contributed by atoms with Crippen molar-refractivity contribution in [1.29, 1.82) is 0 Å². The molecule has 1 aromatic carbocycles. The van der Waals surface area contributed by atoms with Crippen molar-refractivity contribution >= 4 is 11.8 Å². The summed E-state index contributed by atoms with van der Waals surface area (Å²) < 4.78 is 18.7. The van der Waals surface area contributed by atoms with Gasteiger partial charge in [-0.25, -0.2) is 9.18 Å². The summed E-state index contributed by atoms with van der Waals surface area (Å²) in [4.78, 5) is 16.1. The second kappa shape index (κ2) is 6.45. The molecule has 0 aliphatic carbocycles. The molecule has 0 spiro atoms. The Kier molecular flexibility index (Phi) is 4.66. The average Bonchev–Trinajstić information content (AvgIpc) is 2.40. The standard InChI is InChI=1S/C14H17FN2O2/c1-17-6-4-11(5-7-17)9-19-14-3-2-12(15)8-13(14)16-10-18/h2-3,8,11H,4-7,9H2,1H3. The molecule has 1 aromatic rings. The van der Waals surface area contributed by atoms with Crippen LogP contribution in [0.2, 0.25) is 0 Å². The molecule has 102 valence electrons. The molecule has 1 saturated heterocycles. The number of hydrogen-bond acceptors (Lipinski definition) is 4. The lowest BCUT2D eigenvalue weighted by Gasteiger charge is -2.28. The molecule has 0 unspecified atom stereocenters. The van der Waals surface area contributed by atoms with Crippen LogP contribution in [-0.2, 0) is 4.79 Å². The molecular weight excluding hydrogens is 247 g/mol. The van der Waals surface area contributed by atoms with Crippen LogP contribution in [0.25, 0.3) is 0 Å². The topological polar surface area (TPSA) is 41.9 Å². The second-order valence-corrected chi connectivity index (χ2v) is 4.87. The molecule has 0 saturated carbocycles. The van der Waals surface area contributed by atoms with Gasteiger partial charge in [-0.1, -0.05) is 0 Å². The number of likely N-dealkylation sites (tertiary alicyclic amines) is 1. The van der Waals surface area contributed by atoms with Gasteiger partial charge in [-0.05, 0) is 51.0 Å². The van der Waals surface area contributed by atoms with Crippen molar-refractivity contribution in [2.24, 2.45) is 10.9 Å². The number of isocyanates is 1. The zero-order valence-corrected chi connectivity index (χ0v) is 10.9. The molecule has 5 heteroatoms. The summed E-state index contributed by atoms with van der Waals surface area (Å²) in [5.74, 6) is 0.485. The fourth-order valence-corrected chi connectivity index (χ4v) is 2.19. The van der Waals surface area contributed by atoms with Gasteiger partial charge in [0.25, 0.3) is 0 Å². The third kappa shape index (κ3) is 3.88. The Morgan fingerprint density at radius 1 is 1.47 bits per heavy atom. The number of ether oxygens (including phenoxy) is 1. The minimum absolute atomic E-state index is 0.197. The van der Waals surface area contributed by atoms with Gasteiger partial charge < -0.3 is 9.64 Å². The number of benzene rings is 1.